The molecule has 1 aromatic carbocycles. The minimum absolute atomic E-state index is 0.0123. The van der Waals surface area contributed by atoms with Crippen molar-refractivity contribution in [2.45, 2.75) is 20.0 Å². The number of carboxylic acids is 1. The van der Waals surface area contributed by atoms with Gasteiger partial charge in [0.05, 0.1) is 0 Å². The molecular formula is C15H14O5. The van der Waals surface area contributed by atoms with Gasteiger partial charge in [-0.2, -0.15) is 0 Å². The lowest BCUT2D eigenvalue weighted by Gasteiger charge is -2.12. The number of carbonyl (C=O) groups excluding carboxylic acids is 1. The van der Waals surface area contributed by atoms with Crippen LogP contribution in [0.3, 0.4) is 0 Å². The molecule has 0 saturated heterocycles. The van der Waals surface area contributed by atoms with Crippen LogP contribution in [-0.2, 0) is 0 Å². The third-order valence-electron chi connectivity index (χ3n) is 2.81. The number of ether oxygens (including phenoxy) is 1. The van der Waals surface area contributed by atoms with Crippen LogP contribution in [-0.4, -0.2) is 16.9 Å². The standard InChI is InChI=1S/C15H14O5/c1-9(16)11-3-5-12(6-4-11)19-10(2)13-7-8-14(20-13)15(17)18/h3-8,10H,1-2H3,(H,17,18). The van der Waals surface area contributed by atoms with E-state index in [4.69, 9.17) is 14.3 Å². The van der Waals surface area contributed by atoms with Crippen molar-refractivity contribution >= 4 is 11.8 Å². The highest BCUT2D eigenvalue weighted by molar-refractivity contribution is 5.94. The van der Waals surface area contributed by atoms with Crippen molar-refractivity contribution < 1.29 is 23.8 Å². The molecule has 0 saturated carbocycles. The summed E-state index contributed by atoms with van der Waals surface area (Å²) < 4.78 is 10.8. The van der Waals surface area contributed by atoms with Gasteiger partial charge in [0.2, 0.25) is 5.76 Å². The van der Waals surface area contributed by atoms with Gasteiger partial charge in [-0.05, 0) is 50.2 Å². The second kappa shape index (κ2) is 5.61. The summed E-state index contributed by atoms with van der Waals surface area (Å²) in [5.74, 6) is -0.243. The normalized spacial score (nSPS) is 11.9. The third-order valence-corrected chi connectivity index (χ3v) is 2.81. The van der Waals surface area contributed by atoms with Crippen LogP contribution in [0.5, 0.6) is 5.75 Å². The van der Waals surface area contributed by atoms with E-state index < -0.39 is 12.1 Å². The summed E-state index contributed by atoms with van der Waals surface area (Å²) in [4.78, 5) is 21.9. The summed E-state index contributed by atoms with van der Waals surface area (Å²) in [6, 6.07) is 9.68. The Morgan fingerprint density at radius 2 is 1.80 bits per heavy atom. The maximum atomic E-state index is 11.2. The molecular weight excluding hydrogens is 260 g/mol. The minimum atomic E-state index is -1.12. The Morgan fingerprint density at radius 1 is 1.15 bits per heavy atom. The number of hydrogen-bond donors (Lipinski definition) is 1. The number of carboxylic acid groups (broad SMARTS) is 1. The monoisotopic (exact) mass is 274 g/mol. The fourth-order valence-electron chi connectivity index (χ4n) is 1.72. The molecule has 1 N–H and O–H groups in total. The van der Waals surface area contributed by atoms with Crippen LogP contribution in [0.25, 0.3) is 0 Å². The number of Topliss-reactive ketones (excluding diaryl/α,β-unsaturated/α-hetero) is 1. The Kier molecular flexibility index (Phi) is 3.89. The van der Waals surface area contributed by atoms with Crippen molar-refractivity contribution in [3.05, 3.63) is 53.5 Å². The van der Waals surface area contributed by atoms with Crippen LogP contribution < -0.4 is 4.74 Å². The molecule has 5 nitrogen and oxygen atoms in total. The molecule has 0 fully saturated rings. The van der Waals surface area contributed by atoms with Crippen LogP contribution in [0.1, 0.15) is 46.6 Å². The Bertz CT molecular complexity index is 624. The number of rotatable bonds is 5. The maximum Gasteiger partial charge on any atom is 0.371 e. The molecule has 0 bridgehead atoms. The van der Waals surface area contributed by atoms with Crippen LogP contribution in [0.4, 0.5) is 0 Å². The zero-order chi connectivity index (χ0) is 14.7. The van der Waals surface area contributed by atoms with E-state index >= 15 is 0 Å². The van der Waals surface area contributed by atoms with Crippen molar-refractivity contribution in [1.29, 1.82) is 0 Å². The molecule has 2 aromatic rings. The van der Waals surface area contributed by atoms with E-state index in [-0.39, 0.29) is 11.5 Å². The van der Waals surface area contributed by atoms with E-state index in [1.54, 1.807) is 37.3 Å². The van der Waals surface area contributed by atoms with Gasteiger partial charge in [-0.1, -0.05) is 0 Å². The molecule has 0 aliphatic rings. The summed E-state index contributed by atoms with van der Waals surface area (Å²) in [6.07, 6.45) is -0.425. The first kappa shape index (κ1) is 13.9. The predicted octanol–water partition coefficient (Wildman–Crippen LogP) is 3.32. The molecule has 0 amide bonds. The van der Waals surface area contributed by atoms with Crippen molar-refractivity contribution in [1.82, 2.24) is 0 Å². The molecule has 1 aromatic heterocycles. The Labute approximate surface area is 115 Å². The first-order valence-corrected chi connectivity index (χ1v) is 6.08. The van der Waals surface area contributed by atoms with Gasteiger partial charge in [-0.15, -0.1) is 0 Å². The second-order valence-electron chi connectivity index (χ2n) is 4.35. The largest absolute Gasteiger partial charge is 0.483 e. The van der Waals surface area contributed by atoms with Gasteiger partial charge in [0.15, 0.2) is 11.9 Å². The highest BCUT2D eigenvalue weighted by Gasteiger charge is 2.15. The third kappa shape index (κ3) is 3.06. The lowest BCUT2D eigenvalue weighted by atomic mass is 10.1. The van der Waals surface area contributed by atoms with E-state index in [1.165, 1.54) is 13.0 Å². The smallest absolute Gasteiger partial charge is 0.371 e. The van der Waals surface area contributed by atoms with Crippen molar-refractivity contribution in [2.24, 2.45) is 0 Å². The van der Waals surface area contributed by atoms with Crippen molar-refractivity contribution in [3.8, 4) is 5.75 Å². The maximum absolute atomic E-state index is 11.2. The molecule has 0 aliphatic carbocycles. The number of carbonyl (C=O) groups is 2. The van der Waals surface area contributed by atoms with Crippen LogP contribution >= 0.6 is 0 Å². The number of ketones is 1. The first-order valence-electron chi connectivity index (χ1n) is 6.08. The number of benzene rings is 1. The number of hydrogen-bond acceptors (Lipinski definition) is 4. The second-order valence-corrected chi connectivity index (χ2v) is 4.35. The van der Waals surface area contributed by atoms with Gasteiger partial charge < -0.3 is 14.3 Å². The average molecular weight is 274 g/mol. The number of aromatic carboxylic acids is 1. The van der Waals surface area contributed by atoms with Gasteiger partial charge in [-0.25, -0.2) is 4.79 Å². The average Bonchev–Trinajstić information content (AvgIpc) is 2.89. The lowest BCUT2D eigenvalue weighted by molar-refractivity contribution is 0.0655. The van der Waals surface area contributed by atoms with Gasteiger partial charge in [0.25, 0.3) is 0 Å². The summed E-state index contributed by atoms with van der Waals surface area (Å²) in [5, 5.41) is 8.79. The molecule has 1 unspecified atom stereocenters. The van der Waals surface area contributed by atoms with E-state index in [2.05, 4.69) is 0 Å². The Morgan fingerprint density at radius 3 is 2.30 bits per heavy atom. The molecule has 0 radical (unpaired) electrons. The molecule has 1 heterocycles. The lowest BCUT2D eigenvalue weighted by Crippen LogP contribution is -2.02. The van der Waals surface area contributed by atoms with E-state index in [9.17, 15) is 9.59 Å². The Balaban J connectivity index is 2.08. The molecule has 1 atom stereocenters. The summed E-state index contributed by atoms with van der Waals surface area (Å²) in [7, 11) is 0. The fourth-order valence-corrected chi connectivity index (χ4v) is 1.72. The quantitative estimate of drug-likeness (QED) is 0.846. The zero-order valence-corrected chi connectivity index (χ0v) is 11.1. The summed E-state index contributed by atoms with van der Waals surface area (Å²) in [6.45, 7) is 3.25. The summed E-state index contributed by atoms with van der Waals surface area (Å²) >= 11 is 0. The highest BCUT2D eigenvalue weighted by atomic mass is 16.5. The SMILES string of the molecule is CC(=O)c1ccc(OC(C)c2ccc(C(=O)O)o2)cc1. The van der Waals surface area contributed by atoms with Crippen LogP contribution in [0.2, 0.25) is 0 Å². The highest BCUT2D eigenvalue weighted by Crippen LogP contribution is 2.23. The molecule has 5 heteroatoms. The van der Waals surface area contributed by atoms with Gasteiger partial charge in [0.1, 0.15) is 11.5 Å². The van der Waals surface area contributed by atoms with Crippen LogP contribution in [0.15, 0.2) is 40.8 Å². The van der Waals surface area contributed by atoms with Crippen molar-refractivity contribution in [2.75, 3.05) is 0 Å². The molecule has 2 rings (SSSR count). The predicted molar refractivity (Wildman–Crippen MR) is 71.2 cm³/mol. The first-order chi connectivity index (χ1) is 9.47. The molecule has 0 spiro atoms. The molecule has 20 heavy (non-hydrogen) atoms. The molecule has 104 valence electrons. The van der Waals surface area contributed by atoms with Crippen LogP contribution in [0, 0.1) is 0 Å². The van der Waals surface area contributed by atoms with Crippen molar-refractivity contribution in [3.63, 3.8) is 0 Å². The van der Waals surface area contributed by atoms with E-state index in [0.29, 0.717) is 17.1 Å². The van der Waals surface area contributed by atoms with Gasteiger partial charge in [0, 0.05) is 5.56 Å². The van der Waals surface area contributed by atoms with Gasteiger partial charge >= 0.3 is 5.97 Å². The summed E-state index contributed by atoms with van der Waals surface area (Å²) in [5.41, 5.74) is 0.608. The minimum Gasteiger partial charge on any atom is -0.483 e. The van der Waals surface area contributed by atoms with E-state index in [0.717, 1.165) is 0 Å². The molecule has 0 aliphatic heterocycles. The van der Waals surface area contributed by atoms with E-state index in [1.807, 2.05) is 0 Å². The van der Waals surface area contributed by atoms with Gasteiger partial charge in [-0.3, -0.25) is 4.79 Å². The topological polar surface area (TPSA) is 76.7 Å². The zero-order valence-electron chi connectivity index (χ0n) is 11.1. The number of furan rings is 1. The Hall–Kier alpha value is -2.56. The fraction of sp³-hybridized carbons (Fsp3) is 0.200.